The SMILES string of the molecule is CCCCc1cc2c(=O)c(-c3csc(C)n3)coc2cc1OC(=O)C(Cc1ccc(OCc2ccccc2)cc1)NC(=O)OC(C)(C)C. The first-order chi connectivity index (χ1) is 23.0. The molecule has 0 bridgehead atoms. The summed E-state index contributed by atoms with van der Waals surface area (Å²) in [5.41, 5.74) is 2.75. The molecule has 250 valence electrons. The number of benzene rings is 3. The normalized spacial score (nSPS) is 12.0. The molecule has 1 N–H and O–H groups in total. The van der Waals surface area contributed by atoms with Gasteiger partial charge in [-0.2, -0.15) is 0 Å². The molecule has 10 heteroatoms. The number of carbonyl (C=O) groups is 2. The van der Waals surface area contributed by atoms with Crippen molar-refractivity contribution in [3.8, 4) is 22.8 Å². The second-order valence-electron chi connectivity index (χ2n) is 12.5. The molecule has 2 aromatic heterocycles. The molecule has 9 nitrogen and oxygen atoms in total. The Morgan fingerprint density at radius 1 is 1.02 bits per heavy atom. The highest BCUT2D eigenvalue weighted by Gasteiger charge is 2.28. The molecule has 0 aliphatic heterocycles. The zero-order valence-corrected chi connectivity index (χ0v) is 28.6. The Hall–Kier alpha value is -4.96. The van der Waals surface area contributed by atoms with Crippen LogP contribution in [0.3, 0.4) is 0 Å². The van der Waals surface area contributed by atoms with Gasteiger partial charge in [0, 0.05) is 17.9 Å². The third-order valence-corrected chi connectivity index (χ3v) is 8.22. The molecule has 0 saturated heterocycles. The number of fused-ring (bicyclic) bond motifs is 1. The van der Waals surface area contributed by atoms with E-state index in [1.54, 1.807) is 32.9 Å². The van der Waals surface area contributed by atoms with Crippen LogP contribution in [0.1, 0.15) is 62.2 Å². The van der Waals surface area contributed by atoms with Crippen molar-refractivity contribution < 1.29 is 28.2 Å². The number of hydrogen-bond donors (Lipinski definition) is 1. The van der Waals surface area contributed by atoms with E-state index in [9.17, 15) is 14.4 Å². The van der Waals surface area contributed by atoms with Gasteiger partial charge in [-0.15, -0.1) is 11.3 Å². The molecule has 0 aliphatic carbocycles. The number of unbranched alkanes of at least 4 members (excludes halogenated alkanes) is 1. The molecular formula is C38H40N2O7S. The maximum Gasteiger partial charge on any atom is 0.408 e. The zero-order valence-electron chi connectivity index (χ0n) is 27.8. The Labute approximate surface area is 283 Å². The van der Waals surface area contributed by atoms with Gasteiger partial charge < -0.3 is 23.9 Å². The van der Waals surface area contributed by atoms with Crippen molar-refractivity contribution in [2.24, 2.45) is 0 Å². The molecule has 0 saturated carbocycles. The highest BCUT2D eigenvalue weighted by atomic mass is 32.1. The topological polar surface area (TPSA) is 117 Å². The minimum atomic E-state index is -1.08. The first kappa shape index (κ1) is 34.4. The molecule has 1 atom stereocenters. The van der Waals surface area contributed by atoms with Gasteiger partial charge in [-0.3, -0.25) is 4.79 Å². The van der Waals surface area contributed by atoms with Crippen LogP contribution in [-0.4, -0.2) is 28.7 Å². The Bertz CT molecular complexity index is 1930. The minimum Gasteiger partial charge on any atom is -0.489 e. The lowest BCUT2D eigenvalue weighted by atomic mass is 10.0. The smallest absolute Gasteiger partial charge is 0.408 e. The predicted octanol–water partition coefficient (Wildman–Crippen LogP) is 8.19. The number of hydrogen-bond acceptors (Lipinski definition) is 9. The van der Waals surface area contributed by atoms with E-state index in [2.05, 4.69) is 17.2 Å². The number of esters is 1. The van der Waals surface area contributed by atoms with E-state index in [4.69, 9.17) is 18.6 Å². The Kier molecular flexibility index (Phi) is 11.0. The van der Waals surface area contributed by atoms with E-state index in [0.717, 1.165) is 29.0 Å². The fraction of sp³-hybridized carbons (Fsp3) is 0.316. The Morgan fingerprint density at radius 2 is 1.77 bits per heavy atom. The van der Waals surface area contributed by atoms with Crippen molar-refractivity contribution in [3.05, 3.63) is 110 Å². The third-order valence-electron chi connectivity index (χ3n) is 7.45. The van der Waals surface area contributed by atoms with Gasteiger partial charge in [-0.25, -0.2) is 14.6 Å². The van der Waals surface area contributed by atoms with Crippen molar-refractivity contribution in [2.75, 3.05) is 0 Å². The molecule has 5 aromatic rings. The van der Waals surface area contributed by atoms with Gasteiger partial charge in [0.1, 0.15) is 41.6 Å². The van der Waals surface area contributed by atoms with Crippen LogP contribution >= 0.6 is 11.3 Å². The summed E-state index contributed by atoms with van der Waals surface area (Å²) in [6.45, 7) is 9.60. The van der Waals surface area contributed by atoms with Gasteiger partial charge in [0.25, 0.3) is 0 Å². The number of nitrogens with one attached hydrogen (secondary N) is 1. The molecule has 3 aromatic carbocycles. The Morgan fingerprint density at radius 3 is 2.44 bits per heavy atom. The average Bonchev–Trinajstić information content (AvgIpc) is 3.48. The van der Waals surface area contributed by atoms with E-state index < -0.39 is 23.7 Å². The van der Waals surface area contributed by atoms with E-state index in [1.165, 1.54) is 17.6 Å². The summed E-state index contributed by atoms with van der Waals surface area (Å²) < 4.78 is 23.2. The van der Waals surface area contributed by atoms with Crippen LogP contribution in [0.2, 0.25) is 0 Å². The van der Waals surface area contributed by atoms with Crippen LogP contribution in [0, 0.1) is 6.92 Å². The summed E-state index contributed by atoms with van der Waals surface area (Å²) in [5, 5.41) is 5.74. The summed E-state index contributed by atoms with van der Waals surface area (Å²) in [5.74, 6) is 0.259. The second-order valence-corrected chi connectivity index (χ2v) is 13.6. The van der Waals surface area contributed by atoms with Gasteiger partial charge in [0.15, 0.2) is 0 Å². The first-order valence-electron chi connectivity index (χ1n) is 16.0. The highest BCUT2D eigenvalue weighted by Crippen LogP contribution is 2.29. The van der Waals surface area contributed by atoms with Crippen molar-refractivity contribution >= 4 is 34.4 Å². The van der Waals surface area contributed by atoms with Crippen LogP contribution in [0.5, 0.6) is 11.5 Å². The van der Waals surface area contributed by atoms with Gasteiger partial charge >= 0.3 is 12.1 Å². The largest absolute Gasteiger partial charge is 0.489 e. The van der Waals surface area contributed by atoms with Crippen LogP contribution in [0.15, 0.2) is 87.6 Å². The second kappa shape index (κ2) is 15.3. The van der Waals surface area contributed by atoms with Crippen molar-refractivity contribution in [1.29, 1.82) is 0 Å². The number of aromatic nitrogens is 1. The number of ether oxygens (including phenoxy) is 3. The van der Waals surface area contributed by atoms with Crippen molar-refractivity contribution in [3.63, 3.8) is 0 Å². The summed E-state index contributed by atoms with van der Waals surface area (Å²) in [7, 11) is 0. The number of aryl methyl sites for hydroxylation is 2. The van der Waals surface area contributed by atoms with Crippen molar-refractivity contribution in [2.45, 2.75) is 78.6 Å². The zero-order chi connectivity index (χ0) is 34.3. The molecule has 5 rings (SSSR count). The molecule has 1 amide bonds. The molecule has 1 unspecified atom stereocenters. The van der Waals surface area contributed by atoms with Crippen LogP contribution < -0.4 is 20.2 Å². The van der Waals surface area contributed by atoms with Crippen LogP contribution in [-0.2, 0) is 29.0 Å². The van der Waals surface area contributed by atoms with E-state index >= 15 is 0 Å². The lowest BCUT2D eigenvalue weighted by molar-refractivity contribution is -0.136. The summed E-state index contributed by atoms with van der Waals surface area (Å²) in [6.07, 6.45) is 3.06. The Balaban J connectivity index is 1.40. The van der Waals surface area contributed by atoms with Gasteiger partial charge in [0.2, 0.25) is 5.43 Å². The first-order valence-corrected chi connectivity index (χ1v) is 16.8. The minimum absolute atomic E-state index is 0.139. The summed E-state index contributed by atoms with van der Waals surface area (Å²) in [4.78, 5) is 44.6. The highest BCUT2D eigenvalue weighted by molar-refractivity contribution is 7.09. The standard InChI is InChI=1S/C38H40N2O7S/c1-6-7-13-27-19-29-34(45-22-30(35(29)41)32-23-48-24(2)39-32)20-33(27)46-36(42)31(40-37(43)47-38(3,4)5)18-25-14-16-28(17-15-25)44-21-26-11-9-8-10-12-26/h8-12,14-17,19-20,22-23,31H,6-7,13,18,21H2,1-5H3,(H,40,43). The molecule has 0 spiro atoms. The maximum atomic E-state index is 13.8. The number of rotatable bonds is 12. The number of nitrogens with zero attached hydrogens (tertiary/aromatic N) is 1. The van der Waals surface area contributed by atoms with Crippen LogP contribution in [0.25, 0.3) is 22.2 Å². The molecule has 48 heavy (non-hydrogen) atoms. The van der Waals surface area contributed by atoms with Crippen molar-refractivity contribution in [1.82, 2.24) is 10.3 Å². The lowest BCUT2D eigenvalue weighted by Crippen LogP contribution is -2.46. The maximum absolute atomic E-state index is 13.8. The van der Waals surface area contributed by atoms with E-state index in [0.29, 0.717) is 41.0 Å². The molecule has 0 aliphatic rings. The number of thiazole rings is 1. The quantitative estimate of drug-likeness (QED) is 0.105. The summed E-state index contributed by atoms with van der Waals surface area (Å²) >= 11 is 1.45. The number of alkyl carbamates (subject to hydrolysis) is 1. The third kappa shape index (κ3) is 9.10. The summed E-state index contributed by atoms with van der Waals surface area (Å²) in [6, 6.07) is 19.4. The van der Waals surface area contributed by atoms with E-state index in [1.807, 2.05) is 66.9 Å². The molecule has 0 fully saturated rings. The number of amides is 1. The van der Waals surface area contributed by atoms with Crippen LogP contribution in [0.4, 0.5) is 4.79 Å². The van der Waals surface area contributed by atoms with E-state index in [-0.39, 0.29) is 23.2 Å². The predicted molar refractivity (Wildman–Crippen MR) is 187 cm³/mol. The van der Waals surface area contributed by atoms with Gasteiger partial charge in [-0.1, -0.05) is 55.8 Å². The molecule has 0 radical (unpaired) electrons. The lowest BCUT2D eigenvalue weighted by Gasteiger charge is -2.23. The van der Waals surface area contributed by atoms with Gasteiger partial charge in [0.05, 0.1) is 21.7 Å². The fourth-order valence-corrected chi connectivity index (χ4v) is 5.66. The monoisotopic (exact) mass is 668 g/mol. The molecular weight excluding hydrogens is 628 g/mol. The average molecular weight is 669 g/mol. The fourth-order valence-electron chi connectivity index (χ4n) is 5.04. The van der Waals surface area contributed by atoms with Gasteiger partial charge in [-0.05, 0) is 75.4 Å². The molecule has 2 heterocycles. The number of carbonyl (C=O) groups excluding carboxylic acids is 2.